The lowest BCUT2D eigenvalue weighted by molar-refractivity contribution is -0.114. The molecule has 3 rings (SSSR count). The second-order valence-electron chi connectivity index (χ2n) is 8.28. The topological polar surface area (TPSA) is 116 Å². The van der Waals surface area contributed by atoms with Crippen molar-refractivity contribution in [3.05, 3.63) is 64.7 Å². The van der Waals surface area contributed by atoms with E-state index in [-0.39, 0.29) is 24.1 Å². The Balaban J connectivity index is 1.60. The summed E-state index contributed by atoms with van der Waals surface area (Å²) < 4.78 is 15.9. The van der Waals surface area contributed by atoms with Crippen LogP contribution in [0.5, 0.6) is 11.5 Å². The molecule has 9 nitrogen and oxygen atoms in total. The molecule has 0 atom stereocenters. The molecule has 0 aliphatic rings. The van der Waals surface area contributed by atoms with Crippen LogP contribution in [0.3, 0.4) is 0 Å². The van der Waals surface area contributed by atoms with Gasteiger partial charge >= 0.3 is 5.97 Å². The van der Waals surface area contributed by atoms with Crippen molar-refractivity contribution < 1.29 is 28.6 Å². The van der Waals surface area contributed by atoms with Gasteiger partial charge in [0.25, 0.3) is 5.91 Å². The van der Waals surface area contributed by atoms with E-state index in [1.807, 2.05) is 26.0 Å². The summed E-state index contributed by atoms with van der Waals surface area (Å²) in [6.45, 7) is 5.38. The van der Waals surface area contributed by atoms with Crippen LogP contribution in [0.1, 0.15) is 47.2 Å². The van der Waals surface area contributed by atoms with Gasteiger partial charge in [-0.2, -0.15) is 0 Å². The number of benzene rings is 2. The standard InChI is InChI=1S/C25H27N3O6S/c1-15(29)26-24-28-19(13-35-24)23(31)34-14-25(2,3)17-7-9-18(10-8-17)27-22(30)16-6-11-20(32-4)21(12-16)33-5/h6-13H,14H2,1-5H3,(H,27,30)(H,26,28,29). The first-order valence-corrected chi connectivity index (χ1v) is 11.5. The summed E-state index contributed by atoms with van der Waals surface area (Å²) in [6.07, 6.45) is 0. The van der Waals surface area contributed by atoms with Gasteiger partial charge in [-0.15, -0.1) is 11.3 Å². The van der Waals surface area contributed by atoms with E-state index in [0.29, 0.717) is 27.9 Å². The van der Waals surface area contributed by atoms with Gasteiger partial charge < -0.3 is 24.8 Å². The molecular weight excluding hydrogens is 470 g/mol. The average molecular weight is 498 g/mol. The lowest BCUT2D eigenvalue weighted by Gasteiger charge is -2.25. The molecule has 2 amide bonds. The third kappa shape index (κ3) is 6.57. The first kappa shape index (κ1) is 25.7. The maximum atomic E-state index is 12.6. The van der Waals surface area contributed by atoms with Crippen molar-refractivity contribution in [1.29, 1.82) is 0 Å². The van der Waals surface area contributed by atoms with Crippen LogP contribution in [0, 0.1) is 0 Å². The number of ether oxygens (including phenoxy) is 3. The van der Waals surface area contributed by atoms with Gasteiger partial charge in [0.1, 0.15) is 6.61 Å². The van der Waals surface area contributed by atoms with Crippen LogP contribution in [-0.4, -0.2) is 43.6 Å². The number of hydrogen-bond acceptors (Lipinski definition) is 8. The fraction of sp³-hybridized carbons (Fsp3) is 0.280. The Hall–Kier alpha value is -3.92. The normalized spacial score (nSPS) is 10.9. The van der Waals surface area contributed by atoms with Gasteiger partial charge in [-0.3, -0.25) is 9.59 Å². The predicted molar refractivity (Wildman–Crippen MR) is 134 cm³/mol. The Labute approximate surface area is 207 Å². The van der Waals surface area contributed by atoms with E-state index in [9.17, 15) is 14.4 Å². The summed E-state index contributed by atoms with van der Waals surface area (Å²) in [7, 11) is 3.04. The number of thiazole rings is 1. The molecule has 0 aliphatic carbocycles. The Morgan fingerprint density at radius 1 is 0.971 bits per heavy atom. The molecule has 0 bridgehead atoms. The van der Waals surface area contributed by atoms with Gasteiger partial charge in [-0.05, 0) is 35.9 Å². The molecule has 0 saturated carbocycles. The molecule has 35 heavy (non-hydrogen) atoms. The fourth-order valence-corrected chi connectivity index (χ4v) is 3.89. The second kappa shape index (κ2) is 11.0. The summed E-state index contributed by atoms with van der Waals surface area (Å²) in [5.41, 5.74) is 1.63. The van der Waals surface area contributed by atoms with Gasteiger partial charge in [0.2, 0.25) is 5.91 Å². The summed E-state index contributed by atoms with van der Waals surface area (Å²) in [5, 5.41) is 7.27. The van der Waals surface area contributed by atoms with Crippen molar-refractivity contribution in [3.63, 3.8) is 0 Å². The third-order valence-corrected chi connectivity index (χ3v) is 5.89. The van der Waals surface area contributed by atoms with Gasteiger partial charge in [-0.25, -0.2) is 9.78 Å². The SMILES string of the molecule is COc1ccc(C(=O)Nc2ccc(C(C)(C)COC(=O)c3csc(NC(C)=O)n3)cc2)cc1OC. The Morgan fingerprint density at radius 2 is 1.66 bits per heavy atom. The molecule has 0 unspecified atom stereocenters. The predicted octanol–water partition coefficient (Wildman–Crippen LogP) is 4.51. The van der Waals surface area contributed by atoms with Crippen LogP contribution in [0.4, 0.5) is 10.8 Å². The molecule has 0 fully saturated rings. The number of hydrogen-bond donors (Lipinski definition) is 2. The van der Waals surface area contributed by atoms with Crippen LogP contribution >= 0.6 is 11.3 Å². The quantitative estimate of drug-likeness (QED) is 0.418. The van der Waals surface area contributed by atoms with E-state index < -0.39 is 11.4 Å². The zero-order valence-corrected chi connectivity index (χ0v) is 20.9. The lowest BCUT2D eigenvalue weighted by atomic mass is 9.85. The molecule has 2 aromatic carbocycles. The number of rotatable bonds is 9. The average Bonchev–Trinajstić information content (AvgIpc) is 3.30. The van der Waals surface area contributed by atoms with E-state index >= 15 is 0 Å². The zero-order valence-electron chi connectivity index (χ0n) is 20.1. The number of nitrogens with one attached hydrogen (secondary N) is 2. The van der Waals surface area contributed by atoms with Crippen LogP contribution in [0.2, 0.25) is 0 Å². The van der Waals surface area contributed by atoms with Crippen molar-refractivity contribution in [2.45, 2.75) is 26.2 Å². The molecule has 184 valence electrons. The summed E-state index contributed by atoms with van der Waals surface area (Å²) in [6, 6.07) is 12.3. The van der Waals surface area contributed by atoms with E-state index in [4.69, 9.17) is 14.2 Å². The minimum atomic E-state index is -0.565. The lowest BCUT2D eigenvalue weighted by Crippen LogP contribution is -2.26. The Bertz CT molecular complexity index is 1220. The van der Waals surface area contributed by atoms with Gasteiger partial charge in [0.15, 0.2) is 22.3 Å². The van der Waals surface area contributed by atoms with Crippen LogP contribution < -0.4 is 20.1 Å². The third-order valence-electron chi connectivity index (χ3n) is 5.13. The molecule has 1 heterocycles. The molecule has 0 aliphatic heterocycles. The van der Waals surface area contributed by atoms with Crippen molar-refractivity contribution in [1.82, 2.24) is 4.98 Å². The number of carbonyl (C=O) groups excluding carboxylic acids is 3. The molecule has 0 spiro atoms. The minimum absolute atomic E-state index is 0.121. The maximum Gasteiger partial charge on any atom is 0.357 e. The highest BCUT2D eigenvalue weighted by Gasteiger charge is 2.24. The number of aromatic nitrogens is 1. The number of methoxy groups -OCH3 is 2. The number of amides is 2. The second-order valence-corrected chi connectivity index (χ2v) is 9.14. The van der Waals surface area contributed by atoms with Gasteiger partial charge in [-0.1, -0.05) is 26.0 Å². The fourth-order valence-electron chi connectivity index (χ4n) is 3.16. The highest BCUT2D eigenvalue weighted by molar-refractivity contribution is 7.14. The highest BCUT2D eigenvalue weighted by atomic mass is 32.1. The zero-order chi connectivity index (χ0) is 25.6. The molecule has 1 aromatic heterocycles. The number of nitrogens with zero attached hydrogens (tertiary/aromatic N) is 1. The Morgan fingerprint density at radius 3 is 2.29 bits per heavy atom. The molecule has 2 N–H and O–H groups in total. The first-order chi connectivity index (χ1) is 16.6. The van der Waals surface area contributed by atoms with Gasteiger partial charge in [0, 0.05) is 29.0 Å². The summed E-state index contributed by atoms with van der Waals surface area (Å²) in [5.74, 6) is -0.0997. The van der Waals surface area contributed by atoms with Crippen molar-refractivity contribution >= 4 is 39.9 Å². The van der Waals surface area contributed by atoms with Gasteiger partial charge in [0.05, 0.1) is 14.2 Å². The Kier molecular flexibility index (Phi) is 8.08. The van der Waals surface area contributed by atoms with Crippen LogP contribution in [-0.2, 0) is 14.9 Å². The molecular formula is C25H27N3O6S. The number of anilines is 2. The van der Waals surface area contributed by atoms with E-state index in [2.05, 4.69) is 15.6 Å². The molecule has 0 saturated heterocycles. The number of esters is 1. The maximum absolute atomic E-state index is 12.6. The molecule has 3 aromatic rings. The first-order valence-electron chi connectivity index (χ1n) is 10.7. The summed E-state index contributed by atoms with van der Waals surface area (Å²) >= 11 is 1.15. The van der Waals surface area contributed by atoms with E-state index in [1.165, 1.54) is 26.5 Å². The molecule has 0 radical (unpaired) electrons. The molecule has 10 heteroatoms. The largest absolute Gasteiger partial charge is 0.493 e. The van der Waals surface area contributed by atoms with Crippen molar-refractivity contribution in [3.8, 4) is 11.5 Å². The smallest absolute Gasteiger partial charge is 0.357 e. The van der Waals surface area contributed by atoms with E-state index in [0.717, 1.165) is 16.9 Å². The van der Waals surface area contributed by atoms with Crippen LogP contribution in [0.25, 0.3) is 0 Å². The van der Waals surface area contributed by atoms with Crippen LogP contribution in [0.15, 0.2) is 47.8 Å². The highest BCUT2D eigenvalue weighted by Crippen LogP contribution is 2.29. The summed E-state index contributed by atoms with van der Waals surface area (Å²) in [4.78, 5) is 40.2. The van der Waals surface area contributed by atoms with Crippen molar-refractivity contribution in [2.75, 3.05) is 31.5 Å². The van der Waals surface area contributed by atoms with Crippen molar-refractivity contribution in [2.24, 2.45) is 0 Å². The minimum Gasteiger partial charge on any atom is -0.493 e. The van der Waals surface area contributed by atoms with E-state index in [1.54, 1.807) is 30.3 Å². The number of carbonyl (C=O) groups is 3. The monoisotopic (exact) mass is 497 g/mol.